The molecule has 0 saturated carbocycles. The second-order valence-corrected chi connectivity index (χ2v) is 7.53. The minimum atomic E-state index is -3.97. The summed E-state index contributed by atoms with van der Waals surface area (Å²) >= 11 is 0. The van der Waals surface area contributed by atoms with Gasteiger partial charge in [-0.3, -0.25) is 13.8 Å². The van der Waals surface area contributed by atoms with Crippen LogP contribution in [0.25, 0.3) is 0 Å². The number of carbonyl (C=O) groups excluding carboxylic acids is 3. The van der Waals surface area contributed by atoms with Crippen LogP contribution in [0.1, 0.15) is 34.6 Å². The lowest BCUT2D eigenvalue weighted by atomic mass is 10.2. The fourth-order valence-corrected chi connectivity index (χ4v) is 2.02. The quantitative estimate of drug-likeness (QED) is 0.360. The van der Waals surface area contributed by atoms with Crippen molar-refractivity contribution >= 4 is 28.1 Å². The van der Waals surface area contributed by atoms with E-state index in [9.17, 15) is 22.8 Å². The minimum Gasteiger partial charge on any atom is -0.444 e. The van der Waals surface area contributed by atoms with Gasteiger partial charge in [-0.05, 0) is 27.7 Å². The number of hydrogen-bond donors (Lipinski definition) is 2. The average molecular weight is 368 g/mol. The van der Waals surface area contributed by atoms with Crippen molar-refractivity contribution in [2.75, 3.05) is 12.8 Å². The zero-order valence-electron chi connectivity index (χ0n) is 14.5. The van der Waals surface area contributed by atoms with Gasteiger partial charge in [0, 0.05) is 6.92 Å². The zero-order valence-corrected chi connectivity index (χ0v) is 15.4. The molecule has 2 atom stereocenters. The first-order valence-electron chi connectivity index (χ1n) is 7.02. The summed E-state index contributed by atoms with van der Waals surface area (Å²) in [6.45, 7) is 7.00. The van der Waals surface area contributed by atoms with Gasteiger partial charge in [0.2, 0.25) is 0 Å². The summed E-state index contributed by atoms with van der Waals surface area (Å²) < 4.78 is 36.8. The van der Waals surface area contributed by atoms with E-state index in [4.69, 9.17) is 9.47 Å². The molecule has 0 aliphatic carbocycles. The van der Waals surface area contributed by atoms with Crippen molar-refractivity contribution in [1.29, 1.82) is 0 Å². The van der Waals surface area contributed by atoms with Gasteiger partial charge in [-0.1, -0.05) is 0 Å². The van der Waals surface area contributed by atoms with Crippen LogP contribution in [0.2, 0.25) is 0 Å². The second-order valence-electron chi connectivity index (χ2n) is 5.93. The first-order valence-corrected chi connectivity index (χ1v) is 8.84. The van der Waals surface area contributed by atoms with Gasteiger partial charge < -0.3 is 20.1 Å². The molecule has 0 heterocycles. The van der Waals surface area contributed by atoms with Crippen molar-refractivity contribution in [3.63, 3.8) is 0 Å². The average Bonchev–Trinajstić information content (AvgIpc) is 2.29. The lowest BCUT2D eigenvalue weighted by Crippen LogP contribution is -2.49. The largest absolute Gasteiger partial charge is 0.444 e. The topological polar surface area (TPSA) is 137 Å². The Morgan fingerprint density at radius 1 is 1.17 bits per heavy atom. The van der Waals surface area contributed by atoms with E-state index in [-0.39, 0.29) is 0 Å². The third-order valence-electron chi connectivity index (χ3n) is 2.10. The van der Waals surface area contributed by atoms with Crippen molar-refractivity contribution in [3.8, 4) is 0 Å². The maximum absolute atomic E-state index is 12.0. The number of rotatable bonds is 7. The Balaban J connectivity index is 4.83. The molecule has 0 rings (SSSR count). The predicted molar refractivity (Wildman–Crippen MR) is 83.3 cm³/mol. The lowest BCUT2D eigenvalue weighted by molar-refractivity contribution is -0.149. The number of amides is 2. The van der Waals surface area contributed by atoms with Gasteiger partial charge in [0.25, 0.3) is 16.0 Å². The molecular formula is C13H24N2O8S. The number of carbonyl (C=O) groups is 3. The third-order valence-corrected chi connectivity index (χ3v) is 2.68. The van der Waals surface area contributed by atoms with Crippen LogP contribution in [-0.4, -0.2) is 57.1 Å². The number of ether oxygens (including phenoxy) is 2. The van der Waals surface area contributed by atoms with Crippen LogP contribution in [0.5, 0.6) is 0 Å². The van der Waals surface area contributed by atoms with Gasteiger partial charge in [0.05, 0.1) is 12.8 Å². The second kappa shape index (κ2) is 8.83. The Labute approximate surface area is 141 Å². The van der Waals surface area contributed by atoms with Gasteiger partial charge in [0.15, 0.2) is 12.3 Å². The fraction of sp³-hybridized carbons (Fsp3) is 0.769. The van der Waals surface area contributed by atoms with Crippen LogP contribution in [0.15, 0.2) is 0 Å². The molecule has 0 aliphatic rings. The van der Waals surface area contributed by atoms with Gasteiger partial charge in [-0.15, -0.1) is 0 Å². The molecule has 0 aromatic rings. The molecule has 2 N–H and O–H groups in total. The molecule has 2 unspecified atom stereocenters. The SMILES string of the molecule is CC(=O)OC(C)NC(=O)C(CNC(=O)OC(C)(C)C)OS(C)(=O)=O. The highest BCUT2D eigenvalue weighted by atomic mass is 32.2. The molecule has 0 saturated heterocycles. The van der Waals surface area contributed by atoms with E-state index < -0.39 is 52.6 Å². The summed E-state index contributed by atoms with van der Waals surface area (Å²) in [4.78, 5) is 34.4. The molecular weight excluding hydrogens is 344 g/mol. The summed E-state index contributed by atoms with van der Waals surface area (Å²) in [5.74, 6) is -1.51. The first-order chi connectivity index (χ1) is 10.7. The molecule has 0 aromatic heterocycles. The van der Waals surface area contributed by atoms with Crippen LogP contribution in [0.4, 0.5) is 4.79 Å². The maximum Gasteiger partial charge on any atom is 0.407 e. The van der Waals surface area contributed by atoms with E-state index in [1.807, 2.05) is 0 Å². The van der Waals surface area contributed by atoms with Gasteiger partial charge in [-0.25, -0.2) is 4.79 Å². The monoisotopic (exact) mass is 368 g/mol. The smallest absolute Gasteiger partial charge is 0.407 e. The molecule has 11 heteroatoms. The van der Waals surface area contributed by atoms with E-state index in [0.717, 1.165) is 13.2 Å². The molecule has 10 nitrogen and oxygen atoms in total. The highest BCUT2D eigenvalue weighted by Crippen LogP contribution is 2.07. The molecule has 0 aliphatic heterocycles. The van der Waals surface area contributed by atoms with E-state index >= 15 is 0 Å². The Morgan fingerprint density at radius 3 is 2.12 bits per heavy atom. The normalized spacial score (nSPS) is 14.2. The van der Waals surface area contributed by atoms with Gasteiger partial charge >= 0.3 is 12.1 Å². The molecule has 0 spiro atoms. The third kappa shape index (κ3) is 11.7. The number of hydrogen-bond acceptors (Lipinski definition) is 8. The maximum atomic E-state index is 12.0. The molecule has 2 amide bonds. The molecule has 0 fully saturated rings. The van der Waals surface area contributed by atoms with Crippen LogP contribution in [0.3, 0.4) is 0 Å². The number of nitrogens with one attached hydrogen (secondary N) is 2. The summed E-state index contributed by atoms with van der Waals surface area (Å²) in [6.07, 6.45) is -2.63. The van der Waals surface area contributed by atoms with Gasteiger partial charge in [-0.2, -0.15) is 8.42 Å². The van der Waals surface area contributed by atoms with E-state index in [2.05, 4.69) is 14.8 Å². The first kappa shape index (κ1) is 22.1. The van der Waals surface area contributed by atoms with Gasteiger partial charge in [0.1, 0.15) is 5.60 Å². The van der Waals surface area contributed by atoms with Crippen molar-refractivity contribution in [1.82, 2.24) is 10.6 Å². The Morgan fingerprint density at radius 2 is 1.71 bits per heavy atom. The summed E-state index contributed by atoms with van der Waals surface area (Å²) in [5, 5.41) is 4.48. The van der Waals surface area contributed by atoms with E-state index in [1.54, 1.807) is 20.8 Å². The van der Waals surface area contributed by atoms with Crippen molar-refractivity contribution in [2.24, 2.45) is 0 Å². The lowest BCUT2D eigenvalue weighted by Gasteiger charge is -2.22. The number of alkyl carbamates (subject to hydrolysis) is 1. The Kier molecular flexibility index (Phi) is 8.14. The minimum absolute atomic E-state index is 0.458. The highest BCUT2D eigenvalue weighted by molar-refractivity contribution is 7.86. The standard InChI is InChI=1S/C13H24N2O8S/c1-8(21-9(2)16)15-11(17)10(23-24(6,19)20)7-14-12(18)22-13(3,4)5/h8,10H,7H2,1-6H3,(H,14,18)(H,15,17). The zero-order chi connectivity index (χ0) is 19.1. The molecule has 140 valence electrons. The summed E-state index contributed by atoms with van der Waals surface area (Å²) in [6, 6.07) is 0. The Bertz CT molecular complexity index is 567. The van der Waals surface area contributed by atoms with Crippen molar-refractivity contribution in [3.05, 3.63) is 0 Å². The fourth-order valence-electron chi connectivity index (χ4n) is 1.44. The van der Waals surface area contributed by atoms with E-state index in [1.165, 1.54) is 6.92 Å². The van der Waals surface area contributed by atoms with Crippen LogP contribution < -0.4 is 10.6 Å². The molecule has 0 radical (unpaired) electrons. The van der Waals surface area contributed by atoms with Crippen LogP contribution in [-0.2, 0) is 33.4 Å². The van der Waals surface area contributed by atoms with Crippen molar-refractivity contribution in [2.45, 2.75) is 52.6 Å². The van der Waals surface area contributed by atoms with E-state index in [0.29, 0.717) is 0 Å². The predicted octanol–water partition coefficient (Wildman–Crippen LogP) is -0.119. The molecule has 0 aromatic carbocycles. The highest BCUT2D eigenvalue weighted by Gasteiger charge is 2.27. The summed E-state index contributed by atoms with van der Waals surface area (Å²) in [7, 11) is -3.97. The molecule has 0 bridgehead atoms. The number of esters is 1. The summed E-state index contributed by atoms with van der Waals surface area (Å²) in [5.41, 5.74) is -0.761. The molecule has 24 heavy (non-hydrogen) atoms. The van der Waals surface area contributed by atoms with Crippen molar-refractivity contribution < 1.29 is 36.5 Å². The van der Waals surface area contributed by atoms with Crippen LogP contribution in [0, 0.1) is 0 Å². The Hall–Kier alpha value is -1.88. The van der Waals surface area contributed by atoms with Crippen LogP contribution >= 0.6 is 0 Å².